The van der Waals surface area contributed by atoms with Crippen molar-refractivity contribution in [3.8, 4) is 0 Å². The van der Waals surface area contributed by atoms with Gasteiger partial charge in [0.05, 0.1) is 0 Å². The Bertz CT molecular complexity index is 1180. The highest BCUT2D eigenvalue weighted by Crippen LogP contribution is 2.14. The maximum absolute atomic E-state index is 12.9. The highest BCUT2D eigenvalue weighted by Gasteiger charge is 2.30. The van der Waals surface area contributed by atoms with Gasteiger partial charge in [-0.3, -0.25) is 14.2 Å². The van der Waals surface area contributed by atoms with Crippen molar-refractivity contribution in [1.82, 2.24) is 24.6 Å². The minimum Gasteiger partial charge on any atom is -0.350 e. The first kappa shape index (κ1) is 20.9. The highest BCUT2D eigenvalue weighted by atomic mass is 35.5. The molecule has 1 N–H and O–H groups in total. The molecule has 0 spiro atoms. The fourth-order valence-electron chi connectivity index (χ4n) is 3.54. The normalized spacial score (nSPS) is 13.2. The summed E-state index contributed by atoms with van der Waals surface area (Å²) in [5.74, 6) is -0.615. The molecule has 2 aromatic carbocycles. The summed E-state index contributed by atoms with van der Waals surface area (Å²) < 4.78 is 2.38. The van der Waals surface area contributed by atoms with Crippen LogP contribution in [0.3, 0.4) is 0 Å². The van der Waals surface area contributed by atoms with E-state index in [9.17, 15) is 14.4 Å². The van der Waals surface area contributed by atoms with Crippen molar-refractivity contribution < 1.29 is 9.59 Å². The molecule has 0 aliphatic carbocycles. The number of hydrogen-bond donors (Lipinski definition) is 1. The maximum atomic E-state index is 12.9. The third-order valence-electron chi connectivity index (χ3n) is 5.15. The topological polar surface area (TPSA) is 89.2 Å². The summed E-state index contributed by atoms with van der Waals surface area (Å²) >= 11 is 5.86. The average Bonchev–Trinajstić information content (AvgIpc) is 3.06. The predicted molar refractivity (Wildman–Crippen MR) is 116 cm³/mol. The number of aryl methyl sites for hydroxylation is 1. The summed E-state index contributed by atoms with van der Waals surface area (Å²) in [6.07, 6.45) is 0. The Morgan fingerprint density at radius 3 is 2.61 bits per heavy atom. The molecule has 2 amide bonds. The Morgan fingerprint density at radius 1 is 1.10 bits per heavy atom. The number of fused-ring (bicyclic) bond motifs is 1. The van der Waals surface area contributed by atoms with E-state index in [0.29, 0.717) is 31.2 Å². The first-order valence-electron chi connectivity index (χ1n) is 9.94. The largest absolute Gasteiger partial charge is 0.350 e. The molecule has 0 saturated heterocycles. The predicted octanol–water partition coefficient (Wildman–Crippen LogP) is 1.98. The van der Waals surface area contributed by atoms with Gasteiger partial charge in [0.25, 0.3) is 5.91 Å². The highest BCUT2D eigenvalue weighted by molar-refractivity contribution is 6.30. The average molecular weight is 440 g/mol. The second-order valence-electron chi connectivity index (χ2n) is 7.53. The van der Waals surface area contributed by atoms with Gasteiger partial charge in [-0.2, -0.15) is 0 Å². The van der Waals surface area contributed by atoms with Crippen LogP contribution in [0.15, 0.2) is 53.3 Å². The third kappa shape index (κ3) is 4.69. The van der Waals surface area contributed by atoms with Gasteiger partial charge < -0.3 is 10.2 Å². The molecule has 4 rings (SSSR count). The monoisotopic (exact) mass is 439 g/mol. The van der Waals surface area contributed by atoms with Gasteiger partial charge >= 0.3 is 5.69 Å². The van der Waals surface area contributed by atoms with Crippen molar-refractivity contribution in [2.75, 3.05) is 6.54 Å². The number of halogens is 1. The Kier molecular flexibility index (Phi) is 5.90. The van der Waals surface area contributed by atoms with Gasteiger partial charge in [-0.1, -0.05) is 53.6 Å². The van der Waals surface area contributed by atoms with E-state index in [-0.39, 0.29) is 24.2 Å². The molecule has 1 aliphatic rings. The lowest BCUT2D eigenvalue weighted by Gasteiger charge is -2.26. The SMILES string of the molecule is Cc1cccc(CN2CCn3c(nn(CC(=O)NCc4ccc(Cl)cc4)c3=O)C2=O)c1. The Balaban J connectivity index is 1.42. The summed E-state index contributed by atoms with van der Waals surface area (Å²) in [4.78, 5) is 39.5. The molecule has 9 heteroatoms. The molecule has 0 fully saturated rings. The van der Waals surface area contributed by atoms with Gasteiger partial charge in [0, 0.05) is 31.2 Å². The number of rotatable bonds is 6. The van der Waals surface area contributed by atoms with Crippen molar-refractivity contribution in [2.45, 2.75) is 33.1 Å². The van der Waals surface area contributed by atoms with Crippen molar-refractivity contribution in [2.24, 2.45) is 0 Å². The number of carbonyl (C=O) groups is 2. The van der Waals surface area contributed by atoms with Crippen LogP contribution in [0.4, 0.5) is 0 Å². The summed E-state index contributed by atoms with van der Waals surface area (Å²) in [6.45, 7) is 3.26. The lowest BCUT2D eigenvalue weighted by atomic mass is 10.1. The fraction of sp³-hybridized carbons (Fsp3) is 0.273. The first-order chi connectivity index (χ1) is 14.9. The third-order valence-corrected chi connectivity index (χ3v) is 5.40. The molecule has 0 saturated carbocycles. The number of benzene rings is 2. The smallest absolute Gasteiger partial charge is 0.346 e. The molecular formula is C22H22ClN5O3. The quantitative estimate of drug-likeness (QED) is 0.636. The van der Waals surface area contributed by atoms with Gasteiger partial charge in [-0.25, -0.2) is 9.48 Å². The number of amides is 2. The molecule has 0 unspecified atom stereocenters. The molecule has 31 heavy (non-hydrogen) atoms. The van der Waals surface area contributed by atoms with Crippen LogP contribution in [-0.4, -0.2) is 37.6 Å². The number of nitrogens with one attached hydrogen (secondary N) is 1. The van der Waals surface area contributed by atoms with Gasteiger partial charge in [0.15, 0.2) is 0 Å². The van der Waals surface area contributed by atoms with Crippen LogP contribution in [0.2, 0.25) is 5.02 Å². The van der Waals surface area contributed by atoms with E-state index < -0.39 is 5.69 Å². The van der Waals surface area contributed by atoms with E-state index in [1.807, 2.05) is 43.3 Å². The van der Waals surface area contributed by atoms with Gasteiger partial charge in [0.1, 0.15) is 6.54 Å². The van der Waals surface area contributed by atoms with Crippen LogP contribution < -0.4 is 11.0 Å². The van der Waals surface area contributed by atoms with Gasteiger partial charge in [-0.15, -0.1) is 5.10 Å². The summed E-state index contributed by atoms with van der Waals surface area (Å²) in [6, 6.07) is 15.0. The van der Waals surface area contributed by atoms with E-state index in [1.54, 1.807) is 17.0 Å². The van der Waals surface area contributed by atoms with Crippen molar-refractivity contribution in [3.05, 3.63) is 86.6 Å². The molecule has 0 atom stereocenters. The zero-order chi connectivity index (χ0) is 22.0. The summed E-state index contributed by atoms with van der Waals surface area (Å²) in [5, 5.41) is 7.51. The van der Waals surface area contributed by atoms with Gasteiger partial charge in [0.2, 0.25) is 11.7 Å². The molecule has 1 aliphatic heterocycles. The molecule has 8 nitrogen and oxygen atoms in total. The van der Waals surface area contributed by atoms with Crippen molar-refractivity contribution in [3.63, 3.8) is 0 Å². The number of hydrogen-bond acceptors (Lipinski definition) is 4. The van der Waals surface area contributed by atoms with Crippen molar-refractivity contribution >= 4 is 23.4 Å². The minimum absolute atomic E-state index is 0.0643. The molecule has 2 heterocycles. The molecule has 160 valence electrons. The lowest BCUT2D eigenvalue weighted by molar-refractivity contribution is -0.122. The van der Waals surface area contributed by atoms with E-state index in [4.69, 9.17) is 11.6 Å². The van der Waals surface area contributed by atoms with Crippen LogP contribution in [0.5, 0.6) is 0 Å². The molecule has 1 aromatic heterocycles. The van der Waals surface area contributed by atoms with E-state index in [1.165, 1.54) is 4.57 Å². The maximum Gasteiger partial charge on any atom is 0.346 e. The number of aromatic nitrogens is 3. The molecule has 0 bridgehead atoms. The summed E-state index contributed by atoms with van der Waals surface area (Å²) in [7, 11) is 0. The Hall–Kier alpha value is -3.39. The molecule has 3 aromatic rings. The van der Waals surface area contributed by atoms with Crippen LogP contribution in [0.1, 0.15) is 27.3 Å². The van der Waals surface area contributed by atoms with E-state index in [2.05, 4.69) is 10.4 Å². The standard InChI is InChI=1S/C22H22ClN5O3/c1-15-3-2-4-17(11-15)13-26-9-10-27-20(21(26)30)25-28(22(27)31)14-19(29)24-12-16-5-7-18(23)8-6-16/h2-8,11H,9-10,12-14H2,1H3,(H,24,29). The zero-order valence-electron chi connectivity index (χ0n) is 17.0. The van der Waals surface area contributed by atoms with Crippen LogP contribution in [0.25, 0.3) is 0 Å². The van der Waals surface area contributed by atoms with Crippen LogP contribution >= 0.6 is 11.6 Å². The van der Waals surface area contributed by atoms with E-state index >= 15 is 0 Å². The Labute approximate surface area is 184 Å². The lowest BCUT2D eigenvalue weighted by Crippen LogP contribution is -2.42. The first-order valence-corrected chi connectivity index (χ1v) is 10.3. The molecule has 0 radical (unpaired) electrons. The van der Waals surface area contributed by atoms with Crippen molar-refractivity contribution in [1.29, 1.82) is 0 Å². The number of carbonyl (C=O) groups excluding carboxylic acids is 2. The van der Waals surface area contributed by atoms with Gasteiger partial charge in [-0.05, 0) is 30.2 Å². The van der Waals surface area contributed by atoms with E-state index in [0.717, 1.165) is 21.4 Å². The second kappa shape index (κ2) is 8.77. The minimum atomic E-state index is -0.458. The summed E-state index contributed by atoms with van der Waals surface area (Å²) in [5.41, 5.74) is 2.56. The number of nitrogens with zero attached hydrogens (tertiary/aromatic N) is 4. The van der Waals surface area contributed by atoms with Crippen LogP contribution in [-0.2, 0) is 31.0 Å². The zero-order valence-corrected chi connectivity index (χ0v) is 17.8. The Morgan fingerprint density at radius 2 is 1.87 bits per heavy atom. The van der Waals surface area contributed by atoms with Crippen LogP contribution in [0, 0.1) is 6.92 Å². The second-order valence-corrected chi connectivity index (χ2v) is 7.97. The fourth-order valence-corrected chi connectivity index (χ4v) is 3.67. The molecular weight excluding hydrogens is 418 g/mol.